The van der Waals surface area contributed by atoms with Gasteiger partial charge in [0.2, 0.25) is 0 Å². The molecule has 0 unspecified atom stereocenters. The van der Waals surface area contributed by atoms with Crippen molar-refractivity contribution in [3.63, 3.8) is 0 Å². The first-order valence-electron chi connectivity index (χ1n) is 21.3. The number of hydrogen-bond donors (Lipinski definition) is 6. The van der Waals surface area contributed by atoms with Gasteiger partial charge in [-0.2, -0.15) is 0 Å². The highest BCUT2D eigenvalue weighted by atomic mass is 79.9. The number of nitrogens with one attached hydrogen (secondary N) is 4. The van der Waals surface area contributed by atoms with Gasteiger partial charge in [0.1, 0.15) is 0 Å². The van der Waals surface area contributed by atoms with E-state index in [1.54, 1.807) is 85.5 Å². The summed E-state index contributed by atoms with van der Waals surface area (Å²) >= 11 is 3.34. The van der Waals surface area contributed by atoms with E-state index in [4.69, 9.17) is 10.0 Å². The van der Waals surface area contributed by atoms with E-state index in [-0.39, 0.29) is 48.3 Å². The van der Waals surface area contributed by atoms with Gasteiger partial charge in [0.05, 0.1) is 23.0 Å². The molecule has 6 N–H and O–H groups in total. The minimum absolute atomic E-state index is 0. The Morgan fingerprint density at radius 1 is 0.522 bits per heavy atom. The van der Waals surface area contributed by atoms with Crippen LogP contribution in [0, 0.1) is 0 Å². The topological polar surface area (TPSA) is 217 Å². The van der Waals surface area contributed by atoms with E-state index in [1.807, 2.05) is 60.7 Å². The van der Waals surface area contributed by atoms with Gasteiger partial charge in [0.15, 0.2) is 19.7 Å². The number of nitrogens with zero attached hydrogens (tertiary/aromatic N) is 2. The molecule has 6 aromatic rings. The van der Waals surface area contributed by atoms with Gasteiger partial charge < -0.3 is 31.3 Å². The number of carbonyl (C=O) groups excluding carboxylic acids is 2. The van der Waals surface area contributed by atoms with Crippen LogP contribution in [-0.2, 0) is 55.8 Å². The predicted octanol–water partition coefficient (Wildman–Crippen LogP) is 8.94. The van der Waals surface area contributed by atoms with Crippen LogP contribution in [0.15, 0.2) is 151 Å². The van der Waals surface area contributed by atoms with Gasteiger partial charge in [-0.1, -0.05) is 96.9 Å². The van der Waals surface area contributed by atoms with E-state index in [9.17, 15) is 26.4 Å². The first-order valence-corrected chi connectivity index (χ1v) is 25.8. The van der Waals surface area contributed by atoms with Crippen LogP contribution in [0.1, 0.15) is 78.0 Å². The van der Waals surface area contributed by atoms with Crippen LogP contribution in [0.5, 0.6) is 0 Å². The number of pyridine rings is 2. The van der Waals surface area contributed by atoms with Crippen LogP contribution in [0.25, 0.3) is 0 Å². The van der Waals surface area contributed by atoms with E-state index >= 15 is 0 Å². The lowest BCUT2D eigenvalue weighted by molar-refractivity contribution is 0.251. The zero-order valence-electron chi connectivity index (χ0n) is 36.1. The Bertz CT molecular complexity index is 2700. The molecule has 4 aromatic carbocycles. The number of benzene rings is 4. The third-order valence-electron chi connectivity index (χ3n) is 10.4. The number of anilines is 2. The molecule has 0 spiro atoms. The summed E-state index contributed by atoms with van der Waals surface area (Å²) in [5.74, 6) is 0.789. The standard InChI is InChI=1S/C24H25N3O3S.C21H20BrN3O3S.C3H7BO2.CH4/c28-24(26-15-18-11-13-25-14-12-18)27-23-9-3-20(4-10-23)17-31(29,30)16-19-1-5-21(6-2-19)22-7-8-22;22-19-5-1-17(2-6-19)14-29(27,28)15-18-3-7-20(8-4-18)25-21(26)24-13-16-9-11-23-12-10-16;5-4(6)3-1-2-3;/h1-6,9-14,22H,7-8,15-17H2,(H2,26,27,28);1-12H,13-15H2,(H2,24,25,26);3,5-6H,1-2H2;1H4. The number of urea groups is 2. The Hall–Kier alpha value is -5.92. The van der Waals surface area contributed by atoms with Crippen molar-refractivity contribution in [2.75, 3.05) is 10.6 Å². The van der Waals surface area contributed by atoms with E-state index < -0.39 is 26.8 Å². The summed E-state index contributed by atoms with van der Waals surface area (Å²) in [5.41, 5.74) is 7.31. The third kappa shape index (κ3) is 19.5. The summed E-state index contributed by atoms with van der Waals surface area (Å²) in [7, 11) is -7.62. The van der Waals surface area contributed by atoms with Crippen molar-refractivity contribution >= 4 is 66.2 Å². The van der Waals surface area contributed by atoms with Crippen LogP contribution in [0.4, 0.5) is 21.0 Å². The number of aromatic nitrogens is 2. The molecule has 2 heterocycles. The van der Waals surface area contributed by atoms with Gasteiger partial charge in [0.25, 0.3) is 0 Å². The molecule has 2 saturated carbocycles. The van der Waals surface area contributed by atoms with Crippen LogP contribution < -0.4 is 21.3 Å². The monoisotopic (exact) mass is 1010 g/mol. The van der Waals surface area contributed by atoms with Crippen molar-refractivity contribution < 1.29 is 36.5 Å². The fourth-order valence-corrected chi connectivity index (χ4v) is 9.75. The molecule has 352 valence electrons. The van der Waals surface area contributed by atoms with Gasteiger partial charge >= 0.3 is 19.2 Å². The molecule has 0 radical (unpaired) electrons. The molecule has 2 aromatic heterocycles. The lowest BCUT2D eigenvalue weighted by atomic mass is 9.84. The highest BCUT2D eigenvalue weighted by Gasteiger charge is 2.33. The van der Waals surface area contributed by atoms with Crippen LogP contribution >= 0.6 is 15.9 Å². The second-order valence-electron chi connectivity index (χ2n) is 16.2. The number of hydrogen-bond acceptors (Lipinski definition) is 10. The first-order chi connectivity index (χ1) is 31.7. The largest absolute Gasteiger partial charge is 0.454 e. The van der Waals surface area contributed by atoms with Gasteiger partial charge in [-0.15, -0.1) is 0 Å². The Morgan fingerprint density at radius 2 is 0.866 bits per heavy atom. The molecular formula is C49H56BBrN6O8S2. The molecule has 4 amide bonds. The maximum atomic E-state index is 12.6. The van der Waals surface area contributed by atoms with E-state index in [2.05, 4.69) is 47.2 Å². The summed E-state index contributed by atoms with van der Waals surface area (Å²) < 4.78 is 51.0. The smallest absolute Gasteiger partial charge is 0.427 e. The van der Waals surface area contributed by atoms with Crippen molar-refractivity contribution in [2.45, 2.75) is 80.9 Å². The molecule has 2 aliphatic carbocycles. The molecular weight excluding hydrogens is 955 g/mol. The zero-order chi connectivity index (χ0) is 46.9. The average Bonchev–Trinajstić information content (AvgIpc) is 4.23. The molecule has 0 atom stereocenters. The van der Waals surface area contributed by atoms with Gasteiger partial charge in [-0.05, 0) is 124 Å². The fraction of sp³-hybridized carbons (Fsp3) is 0.265. The molecule has 8 rings (SSSR count). The maximum Gasteiger partial charge on any atom is 0.454 e. The highest BCUT2D eigenvalue weighted by Crippen LogP contribution is 2.40. The van der Waals surface area contributed by atoms with E-state index in [1.165, 1.54) is 18.4 Å². The molecule has 2 aliphatic rings. The number of rotatable bonds is 16. The SMILES string of the molecule is C.O=C(NCc1ccncc1)Nc1ccc(CS(=O)(=O)Cc2ccc(Br)cc2)cc1.O=C(NCc1ccncc1)Nc1ccc(CS(=O)(=O)Cc2ccc(C3CC3)cc2)cc1.OB(O)C1CC1. The first kappa shape index (κ1) is 52.1. The Morgan fingerprint density at radius 3 is 1.18 bits per heavy atom. The molecule has 0 aliphatic heterocycles. The number of halogens is 1. The van der Waals surface area contributed by atoms with Crippen LogP contribution in [0.2, 0.25) is 5.82 Å². The molecule has 0 saturated heterocycles. The summed E-state index contributed by atoms with van der Waals surface area (Å²) in [5, 5.41) is 27.5. The van der Waals surface area contributed by atoms with E-state index in [0.29, 0.717) is 41.5 Å². The minimum Gasteiger partial charge on any atom is -0.427 e. The van der Waals surface area contributed by atoms with Crippen LogP contribution in [-0.4, -0.2) is 56.0 Å². The summed E-state index contributed by atoms with van der Waals surface area (Å²) in [6, 6.07) is 35.5. The molecule has 67 heavy (non-hydrogen) atoms. The third-order valence-corrected chi connectivity index (χ3v) is 14.0. The Kier molecular flexibility index (Phi) is 19.6. The predicted molar refractivity (Wildman–Crippen MR) is 268 cm³/mol. The van der Waals surface area contributed by atoms with Crippen LogP contribution in [0.3, 0.4) is 0 Å². The fourth-order valence-electron chi connectivity index (χ4n) is 6.48. The normalized spacial score (nSPS) is 12.9. The Balaban J connectivity index is 0.000000220. The Labute approximate surface area is 402 Å². The summed E-state index contributed by atoms with van der Waals surface area (Å²) in [6.45, 7) is 0.785. The maximum absolute atomic E-state index is 12.6. The number of amides is 4. The van der Waals surface area contributed by atoms with Gasteiger partial charge in [-0.3, -0.25) is 9.97 Å². The van der Waals surface area contributed by atoms with E-state index in [0.717, 1.165) is 39.6 Å². The van der Waals surface area contributed by atoms with Crippen molar-refractivity contribution in [3.05, 3.63) is 190 Å². The molecule has 2 fully saturated rings. The van der Waals surface area contributed by atoms with Gasteiger partial charge in [-0.25, -0.2) is 26.4 Å². The lowest BCUT2D eigenvalue weighted by Gasteiger charge is -2.09. The van der Waals surface area contributed by atoms with Crippen molar-refractivity contribution in [1.82, 2.24) is 20.6 Å². The van der Waals surface area contributed by atoms with Gasteiger partial charge in [0, 0.05) is 53.7 Å². The van der Waals surface area contributed by atoms with Crippen molar-refractivity contribution in [3.8, 4) is 0 Å². The molecule has 18 heteroatoms. The number of carbonyl (C=O) groups is 2. The summed E-state index contributed by atoms with van der Waals surface area (Å²) in [4.78, 5) is 31.9. The van der Waals surface area contributed by atoms with Crippen molar-refractivity contribution in [2.24, 2.45) is 0 Å². The quantitative estimate of drug-likeness (QED) is 0.0506. The summed E-state index contributed by atoms with van der Waals surface area (Å²) in [6.07, 6.45) is 11.1. The second-order valence-corrected chi connectivity index (χ2v) is 21.2. The molecule has 14 nitrogen and oxygen atoms in total. The average molecular weight is 1010 g/mol. The minimum atomic E-state index is -3.30. The number of sulfone groups is 2. The zero-order valence-corrected chi connectivity index (χ0v) is 39.3. The van der Waals surface area contributed by atoms with Crippen molar-refractivity contribution in [1.29, 1.82) is 0 Å². The lowest BCUT2D eigenvalue weighted by Crippen LogP contribution is -2.28. The highest BCUT2D eigenvalue weighted by molar-refractivity contribution is 9.10. The second kappa shape index (κ2) is 25.3. The molecule has 0 bridgehead atoms.